The first kappa shape index (κ1) is 10.5. The molecule has 0 aliphatic rings. The first-order chi connectivity index (χ1) is 5.57. The number of carbonyl (C=O) groups excluding carboxylic acids is 2. The highest BCUT2D eigenvalue weighted by Gasteiger charge is 2.05. The van der Waals surface area contributed by atoms with Crippen molar-refractivity contribution in [2.75, 3.05) is 20.6 Å². The van der Waals surface area contributed by atoms with Crippen molar-refractivity contribution >= 4 is 12.0 Å². The molecule has 0 aliphatic heterocycles. The molecule has 0 heterocycles. The number of alkyl carbamates (subject to hydrolysis) is 1. The van der Waals surface area contributed by atoms with E-state index in [1.54, 1.807) is 14.1 Å². The van der Waals surface area contributed by atoms with Gasteiger partial charge >= 0.3 is 6.09 Å². The summed E-state index contributed by atoms with van der Waals surface area (Å²) in [4.78, 5) is 22.8. The van der Waals surface area contributed by atoms with E-state index >= 15 is 0 Å². The molecule has 5 nitrogen and oxygen atoms in total. The van der Waals surface area contributed by atoms with Gasteiger partial charge in [-0.05, 0) is 0 Å². The molecule has 0 fully saturated rings. The maximum absolute atomic E-state index is 10.9. The summed E-state index contributed by atoms with van der Waals surface area (Å²) in [7, 11) is 3.20. The van der Waals surface area contributed by atoms with Crippen LogP contribution in [-0.4, -0.2) is 37.5 Å². The Hall–Kier alpha value is -1.52. The normalized spacial score (nSPS) is 8.50. The number of nitrogens with zero attached hydrogens (tertiary/aromatic N) is 1. The molecule has 0 aromatic heterocycles. The summed E-state index contributed by atoms with van der Waals surface area (Å²) in [5.41, 5.74) is 0. The summed E-state index contributed by atoms with van der Waals surface area (Å²) in [5.74, 6) is -0.198. The van der Waals surface area contributed by atoms with Gasteiger partial charge in [0.15, 0.2) is 0 Å². The number of likely N-dealkylation sites (N-methyl/N-ethyl adjacent to an activating group) is 1. The molecule has 0 radical (unpaired) electrons. The van der Waals surface area contributed by atoms with Crippen LogP contribution in [0.25, 0.3) is 0 Å². The predicted molar refractivity (Wildman–Crippen MR) is 43.4 cm³/mol. The molecule has 1 N–H and O–H groups in total. The smallest absolute Gasteiger partial charge is 0.412 e. The number of nitrogens with one attached hydrogen (secondary N) is 1. The zero-order valence-corrected chi connectivity index (χ0v) is 7.16. The van der Waals surface area contributed by atoms with Gasteiger partial charge in [-0.15, -0.1) is 0 Å². The summed E-state index contributed by atoms with van der Waals surface area (Å²) in [6.07, 6.45) is 0.315. The van der Waals surface area contributed by atoms with Gasteiger partial charge in [-0.1, -0.05) is 6.58 Å². The molecule has 0 bridgehead atoms. The van der Waals surface area contributed by atoms with Crippen molar-refractivity contribution in [3.63, 3.8) is 0 Å². The monoisotopic (exact) mass is 172 g/mol. The third-order valence-electron chi connectivity index (χ3n) is 1.07. The lowest BCUT2D eigenvalue weighted by molar-refractivity contribution is -0.127. The fourth-order valence-electron chi connectivity index (χ4n) is 0.423. The lowest BCUT2D eigenvalue weighted by atomic mass is 10.5. The summed E-state index contributed by atoms with van der Waals surface area (Å²) in [6.45, 7) is 3.11. The van der Waals surface area contributed by atoms with E-state index in [9.17, 15) is 9.59 Å². The molecule has 0 aromatic carbocycles. The summed E-state index contributed by atoms with van der Waals surface area (Å²) >= 11 is 0. The van der Waals surface area contributed by atoms with Crippen LogP contribution in [0, 0.1) is 0 Å². The van der Waals surface area contributed by atoms with Crippen LogP contribution in [0.5, 0.6) is 0 Å². The Labute approximate surface area is 71.0 Å². The van der Waals surface area contributed by atoms with Gasteiger partial charge in [0.2, 0.25) is 5.91 Å². The van der Waals surface area contributed by atoms with Gasteiger partial charge in [0.1, 0.15) is 6.54 Å². The van der Waals surface area contributed by atoms with Crippen LogP contribution in [0.3, 0.4) is 0 Å². The largest absolute Gasteiger partial charge is 0.419 e. The number of hydrogen-bond donors (Lipinski definition) is 1. The van der Waals surface area contributed by atoms with Gasteiger partial charge in [0.05, 0.1) is 6.26 Å². The molecule has 0 saturated heterocycles. The van der Waals surface area contributed by atoms with E-state index in [2.05, 4.69) is 16.6 Å². The van der Waals surface area contributed by atoms with Crippen LogP contribution in [0.2, 0.25) is 0 Å². The minimum Gasteiger partial charge on any atom is -0.419 e. The van der Waals surface area contributed by atoms with Gasteiger partial charge < -0.3 is 15.0 Å². The molecule has 0 aromatic rings. The van der Waals surface area contributed by atoms with Gasteiger partial charge in [-0.3, -0.25) is 4.79 Å². The van der Waals surface area contributed by atoms with E-state index in [1.807, 2.05) is 0 Å². The second-order valence-electron chi connectivity index (χ2n) is 2.21. The average Bonchev–Trinajstić information content (AvgIpc) is 2.00. The number of ether oxygens (including phenoxy) is 1. The first-order valence-electron chi connectivity index (χ1n) is 3.33. The fourth-order valence-corrected chi connectivity index (χ4v) is 0.423. The van der Waals surface area contributed by atoms with Crippen molar-refractivity contribution in [3.8, 4) is 0 Å². The third-order valence-corrected chi connectivity index (χ3v) is 1.07. The van der Waals surface area contributed by atoms with Gasteiger partial charge in [-0.2, -0.15) is 0 Å². The molecule has 68 valence electrons. The molecule has 0 atom stereocenters. The highest BCUT2D eigenvalue weighted by atomic mass is 16.5. The van der Waals surface area contributed by atoms with E-state index in [0.29, 0.717) is 0 Å². The van der Waals surface area contributed by atoms with E-state index in [-0.39, 0.29) is 12.5 Å². The molecule has 0 saturated carbocycles. The Morgan fingerprint density at radius 3 is 2.58 bits per heavy atom. The average molecular weight is 172 g/mol. The van der Waals surface area contributed by atoms with Crippen molar-refractivity contribution in [3.05, 3.63) is 12.8 Å². The van der Waals surface area contributed by atoms with Crippen LogP contribution < -0.4 is 5.32 Å². The number of amides is 2. The van der Waals surface area contributed by atoms with E-state index in [4.69, 9.17) is 0 Å². The topological polar surface area (TPSA) is 58.6 Å². The maximum atomic E-state index is 10.9. The standard InChI is InChI=1S/C7H12N2O3/c1-4-12-7(11)8-5-6(10)9(2)3/h4H,1,5H2,2-3H3,(H,8,11). The minimum atomic E-state index is -0.680. The Kier molecular flexibility index (Phi) is 4.52. The molecule has 12 heavy (non-hydrogen) atoms. The lowest BCUT2D eigenvalue weighted by Gasteiger charge is -2.09. The molecule has 2 amide bonds. The van der Waals surface area contributed by atoms with Crippen molar-refractivity contribution < 1.29 is 14.3 Å². The molecular weight excluding hydrogens is 160 g/mol. The Balaban J connectivity index is 3.61. The summed E-state index contributed by atoms with van der Waals surface area (Å²) < 4.78 is 4.32. The molecule has 0 aliphatic carbocycles. The zero-order chi connectivity index (χ0) is 9.56. The summed E-state index contributed by atoms with van der Waals surface area (Å²) in [5, 5.41) is 2.24. The Morgan fingerprint density at radius 2 is 2.17 bits per heavy atom. The van der Waals surface area contributed by atoms with Crippen LogP contribution in [-0.2, 0) is 9.53 Å². The Bertz CT molecular complexity index is 189. The molecule has 5 heteroatoms. The number of hydrogen-bond acceptors (Lipinski definition) is 3. The second kappa shape index (κ2) is 5.17. The molecule has 0 unspecified atom stereocenters. The number of rotatable bonds is 3. The van der Waals surface area contributed by atoms with E-state index < -0.39 is 6.09 Å². The predicted octanol–water partition coefficient (Wildman–Crippen LogP) is -0.0557. The molecular formula is C7H12N2O3. The van der Waals surface area contributed by atoms with Crippen LogP contribution in [0.1, 0.15) is 0 Å². The maximum Gasteiger partial charge on any atom is 0.412 e. The van der Waals surface area contributed by atoms with Gasteiger partial charge in [0, 0.05) is 14.1 Å². The third kappa shape index (κ3) is 4.32. The van der Waals surface area contributed by atoms with Crippen molar-refractivity contribution in [2.45, 2.75) is 0 Å². The molecule has 0 rings (SSSR count). The second-order valence-corrected chi connectivity index (χ2v) is 2.21. The quantitative estimate of drug-likeness (QED) is 0.607. The van der Waals surface area contributed by atoms with Crippen LogP contribution in [0.4, 0.5) is 4.79 Å². The van der Waals surface area contributed by atoms with Crippen LogP contribution >= 0.6 is 0 Å². The summed E-state index contributed by atoms with van der Waals surface area (Å²) in [6, 6.07) is 0. The van der Waals surface area contributed by atoms with Crippen molar-refractivity contribution in [2.24, 2.45) is 0 Å². The SMILES string of the molecule is C=COC(=O)NCC(=O)N(C)C. The first-order valence-corrected chi connectivity index (χ1v) is 3.33. The highest BCUT2D eigenvalue weighted by Crippen LogP contribution is 1.79. The van der Waals surface area contributed by atoms with Crippen molar-refractivity contribution in [1.29, 1.82) is 0 Å². The fraction of sp³-hybridized carbons (Fsp3) is 0.429. The van der Waals surface area contributed by atoms with Gasteiger partial charge in [0.25, 0.3) is 0 Å². The highest BCUT2D eigenvalue weighted by molar-refractivity contribution is 5.81. The van der Waals surface area contributed by atoms with E-state index in [1.165, 1.54) is 4.90 Å². The minimum absolute atomic E-state index is 0.0698. The molecule has 0 spiro atoms. The van der Waals surface area contributed by atoms with Gasteiger partial charge in [-0.25, -0.2) is 4.79 Å². The lowest BCUT2D eigenvalue weighted by Crippen LogP contribution is -2.35. The van der Waals surface area contributed by atoms with Crippen molar-refractivity contribution in [1.82, 2.24) is 10.2 Å². The van der Waals surface area contributed by atoms with Crippen LogP contribution in [0.15, 0.2) is 12.8 Å². The number of carbonyl (C=O) groups is 2. The van der Waals surface area contributed by atoms with E-state index in [0.717, 1.165) is 6.26 Å². The zero-order valence-electron chi connectivity index (χ0n) is 7.16. The Morgan fingerprint density at radius 1 is 1.58 bits per heavy atom.